The molecule has 5 aliphatic rings. The number of nitrogens with zero attached hydrogens (tertiary/aromatic N) is 5. The van der Waals surface area contributed by atoms with E-state index in [4.69, 9.17) is 25.6 Å². The third-order valence-corrected chi connectivity index (χ3v) is 15.5. The predicted octanol–water partition coefficient (Wildman–Crippen LogP) is 5.47. The number of carbonyl (C=O) groups excluding carboxylic acids is 1. The van der Waals surface area contributed by atoms with Crippen LogP contribution in [-0.4, -0.2) is 105 Å². The van der Waals surface area contributed by atoms with Crippen molar-refractivity contribution in [3.8, 4) is 5.75 Å². The standard InChI is InChI=1S/C41H53ClN6O6S/c1-28-6-4-15-41(52-3,25-47-18-16-46(17-19-47)23-38-43-27-54-44-38)35-11-8-32(35)22-48-24-40(14-5-7-30-20-33(42)10-12-34(30)40)26-53-37-13-9-31(21-36(37)48)39(49)45-55(50,51)29(28)2/h4,9-10,12-13,15,20-21,27-29,32,35H,5-8,11,14,16-19,22-26H2,1-3H3,(H,45,49)/b15-4+/t28-,29+,32-,35+,40-,41+/m0/s1. The zero-order valence-corrected chi connectivity index (χ0v) is 33.7. The topological polar surface area (TPSA) is 130 Å². The lowest BCUT2D eigenvalue weighted by Crippen LogP contribution is -2.59. The SMILES string of the molecule is CO[C@@]1(CN2CCN(Cc3ncon3)CC2)/C=C/C[C@H](C)[C@@H](C)S(=O)(=O)NC(=O)c2ccc3c(c2)N(C[C@@H]2CC[C@H]21)C[C@@]1(CCCc2cc(Cl)ccc21)CO3. The summed E-state index contributed by atoms with van der Waals surface area (Å²) in [5.74, 6) is 1.06. The summed E-state index contributed by atoms with van der Waals surface area (Å²) in [6, 6.07) is 11.6. The minimum atomic E-state index is -3.97. The molecule has 12 nitrogen and oxygen atoms in total. The van der Waals surface area contributed by atoms with Crippen LogP contribution in [0.25, 0.3) is 0 Å². The first-order valence-electron chi connectivity index (χ1n) is 19.8. The van der Waals surface area contributed by atoms with Crippen molar-refractivity contribution in [1.82, 2.24) is 24.7 Å². The highest BCUT2D eigenvalue weighted by atomic mass is 35.5. The quantitative estimate of drug-likeness (QED) is 0.331. The molecule has 4 heterocycles. The zero-order chi connectivity index (χ0) is 38.4. The van der Waals surface area contributed by atoms with Crippen molar-refractivity contribution in [3.05, 3.63) is 82.5 Å². The number of halogens is 1. The maximum atomic E-state index is 13.7. The first kappa shape index (κ1) is 38.4. The average Bonchev–Trinajstić information content (AvgIpc) is 3.62. The van der Waals surface area contributed by atoms with E-state index in [0.717, 1.165) is 82.1 Å². The Balaban J connectivity index is 1.15. The van der Waals surface area contributed by atoms with Crippen LogP contribution in [0.15, 0.2) is 59.5 Å². The number of piperazine rings is 1. The second kappa shape index (κ2) is 15.5. The summed E-state index contributed by atoms with van der Waals surface area (Å²) >= 11 is 6.51. The van der Waals surface area contributed by atoms with Gasteiger partial charge in [-0.25, -0.2) is 13.1 Å². The van der Waals surface area contributed by atoms with Gasteiger partial charge in [0.15, 0.2) is 5.82 Å². The van der Waals surface area contributed by atoms with Crippen LogP contribution in [0.4, 0.5) is 5.69 Å². The summed E-state index contributed by atoms with van der Waals surface area (Å²) in [6.07, 6.45) is 11.3. The maximum Gasteiger partial charge on any atom is 0.264 e. The van der Waals surface area contributed by atoms with Gasteiger partial charge >= 0.3 is 0 Å². The molecule has 55 heavy (non-hydrogen) atoms. The molecule has 1 aromatic heterocycles. The van der Waals surface area contributed by atoms with E-state index < -0.39 is 26.8 Å². The Morgan fingerprint density at radius 3 is 2.64 bits per heavy atom. The third-order valence-electron chi connectivity index (χ3n) is 13.3. The van der Waals surface area contributed by atoms with E-state index in [2.05, 4.69) is 53.8 Å². The Kier molecular flexibility index (Phi) is 10.8. The monoisotopic (exact) mass is 792 g/mol. The number of aromatic nitrogens is 2. The molecule has 6 atom stereocenters. The van der Waals surface area contributed by atoms with Gasteiger partial charge in [0.2, 0.25) is 16.4 Å². The Morgan fingerprint density at radius 1 is 1.07 bits per heavy atom. The van der Waals surface area contributed by atoms with Crippen molar-refractivity contribution in [3.63, 3.8) is 0 Å². The second-order valence-corrected chi connectivity index (χ2v) is 19.1. The number of benzene rings is 2. The van der Waals surface area contributed by atoms with Gasteiger partial charge < -0.3 is 18.9 Å². The van der Waals surface area contributed by atoms with E-state index >= 15 is 0 Å². The fraction of sp³-hybridized carbons (Fsp3) is 0.585. The minimum absolute atomic E-state index is 0.225. The number of carbonyl (C=O) groups is 1. The number of aryl methyl sites for hydroxylation is 1. The number of fused-ring (bicyclic) bond motifs is 4. The summed E-state index contributed by atoms with van der Waals surface area (Å²) in [5, 5.41) is 3.95. The summed E-state index contributed by atoms with van der Waals surface area (Å²) in [6.45, 7) is 10.5. The van der Waals surface area contributed by atoms with Crippen molar-refractivity contribution in [2.24, 2.45) is 17.8 Å². The van der Waals surface area contributed by atoms with E-state index in [1.807, 2.05) is 32.2 Å². The smallest absolute Gasteiger partial charge is 0.264 e. The third kappa shape index (κ3) is 7.67. The molecule has 8 rings (SSSR count). The molecule has 1 N–H and O–H groups in total. The van der Waals surface area contributed by atoms with Crippen LogP contribution in [0.5, 0.6) is 5.75 Å². The molecule has 1 saturated carbocycles. The van der Waals surface area contributed by atoms with Crippen LogP contribution in [0.2, 0.25) is 5.02 Å². The van der Waals surface area contributed by atoms with E-state index in [9.17, 15) is 13.2 Å². The zero-order valence-electron chi connectivity index (χ0n) is 32.1. The maximum absolute atomic E-state index is 13.7. The Bertz CT molecular complexity index is 2010. The van der Waals surface area contributed by atoms with E-state index in [1.54, 1.807) is 13.0 Å². The van der Waals surface area contributed by atoms with Gasteiger partial charge in [0.1, 0.15) is 11.4 Å². The molecule has 1 spiro atoms. The predicted molar refractivity (Wildman–Crippen MR) is 211 cm³/mol. The summed E-state index contributed by atoms with van der Waals surface area (Å²) in [5.41, 5.74) is 2.79. The lowest BCUT2D eigenvalue weighted by Gasteiger charge is -2.52. The highest BCUT2D eigenvalue weighted by Crippen LogP contribution is 2.49. The number of nitrogens with one attached hydrogen (secondary N) is 1. The lowest BCUT2D eigenvalue weighted by molar-refractivity contribution is -0.0957. The number of hydrogen-bond acceptors (Lipinski definition) is 11. The van der Waals surface area contributed by atoms with Crippen molar-refractivity contribution in [2.45, 2.75) is 75.2 Å². The van der Waals surface area contributed by atoms with Crippen molar-refractivity contribution in [2.75, 3.05) is 64.4 Å². The number of sulfonamides is 1. The molecular formula is C41H53ClN6O6S. The fourth-order valence-corrected chi connectivity index (χ4v) is 11.2. The Morgan fingerprint density at radius 2 is 1.89 bits per heavy atom. The van der Waals surface area contributed by atoms with Gasteiger partial charge in [-0.1, -0.05) is 41.9 Å². The molecule has 3 aliphatic heterocycles. The van der Waals surface area contributed by atoms with Crippen LogP contribution in [-0.2, 0) is 33.1 Å². The summed E-state index contributed by atoms with van der Waals surface area (Å²) in [4.78, 5) is 25.2. The fourth-order valence-electron chi connectivity index (χ4n) is 9.72. The molecule has 1 saturated heterocycles. The minimum Gasteiger partial charge on any atom is -0.490 e. The molecular weight excluding hydrogens is 740 g/mol. The number of anilines is 1. The van der Waals surface area contributed by atoms with E-state index in [-0.39, 0.29) is 17.3 Å². The van der Waals surface area contributed by atoms with Gasteiger partial charge in [0.05, 0.1) is 24.1 Å². The van der Waals surface area contributed by atoms with Gasteiger partial charge in [0, 0.05) is 68.9 Å². The van der Waals surface area contributed by atoms with E-state index in [1.165, 1.54) is 17.5 Å². The largest absolute Gasteiger partial charge is 0.490 e. The molecule has 14 heteroatoms. The Labute approximate surface area is 329 Å². The molecule has 2 bridgehead atoms. The average molecular weight is 793 g/mol. The molecule has 0 unspecified atom stereocenters. The summed E-state index contributed by atoms with van der Waals surface area (Å²) < 4.78 is 48.0. The molecule has 2 fully saturated rings. The highest BCUT2D eigenvalue weighted by Gasteiger charge is 2.50. The van der Waals surface area contributed by atoms with Crippen LogP contribution in [0.1, 0.15) is 73.3 Å². The Hall–Kier alpha value is -3.49. The highest BCUT2D eigenvalue weighted by molar-refractivity contribution is 7.90. The molecule has 2 aliphatic carbocycles. The second-order valence-electron chi connectivity index (χ2n) is 16.6. The van der Waals surface area contributed by atoms with Gasteiger partial charge in [-0.3, -0.25) is 14.6 Å². The number of amides is 1. The number of rotatable bonds is 5. The van der Waals surface area contributed by atoms with Gasteiger partial charge in [-0.15, -0.1) is 0 Å². The molecule has 2 aromatic carbocycles. The van der Waals surface area contributed by atoms with Crippen LogP contribution in [0.3, 0.4) is 0 Å². The van der Waals surface area contributed by atoms with Crippen molar-refractivity contribution < 1.29 is 27.2 Å². The van der Waals surface area contributed by atoms with Gasteiger partial charge in [0.25, 0.3) is 5.91 Å². The molecule has 1 amide bonds. The first-order valence-corrected chi connectivity index (χ1v) is 21.7. The van der Waals surface area contributed by atoms with Gasteiger partial charge in [-0.05, 0) is 105 Å². The van der Waals surface area contributed by atoms with Crippen molar-refractivity contribution >= 4 is 33.2 Å². The normalized spacial score (nSPS) is 32.0. The lowest BCUT2D eigenvalue weighted by atomic mass is 9.63. The van der Waals surface area contributed by atoms with Crippen LogP contribution >= 0.6 is 11.6 Å². The van der Waals surface area contributed by atoms with Gasteiger partial charge in [-0.2, -0.15) is 4.98 Å². The number of methoxy groups -OCH3 is 1. The first-order chi connectivity index (χ1) is 26.5. The molecule has 0 radical (unpaired) electrons. The van der Waals surface area contributed by atoms with Crippen LogP contribution in [0, 0.1) is 17.8 Å². The van der Waals surface area contributed by atoms with Crippen molar-refractivity contribution in [1.29, 1.82) is 0 Å². The number of hydrogen-bond donors (Lipinski definition) is 1. The molecule has 3 aromatic rings. The van der Waals surface area contributed by atoms with E-state index in [0.29, 0.717) is 49.2 Å². The van der Waals surface area contributed by atoms with Crippen LogP contribution < -0.4 is 14.4 Å². The molecule has 296 valence electrons. The summed E-state index contributed by atoms with van der Waals surface area (Å²) in [7, 11) is -2.14. The number of ether oxygens (including phenoxy) is 2. The number of allylic oxidation sites excluding steroid dienone is 1.